The highest BCUT2D eigenvalue weighted by Gasteiger charge is 2.22. The molecule has 1 heterocycles. The van der Waals surface area contributed by atoms with E-state index in [0.29, 0.717) is 28.3 Å². The fraction of sp³-hybridized carbons (Fsp3) is 0.130. The van der Waals surface area contributed by atoms with Crippen LogP contribution in [0.5, 0.6) is 17.2 Å². The van der Waals surface area contributed by atoms with Crippen LogP contribution in [0.15, 0.2) is 52.4 Å². The molecule has 0 aliphatic heterocycles. The molecule has 0 spiro atoms. The van der Waals surface area contributed by atoms with Crippen molar-refractivity contribution >= 4 is 11.5 Å². The van der Waals surface area contributed by atoms with E-state index in [1.165, 1.54) is 38.5 Å². The number of aromatic nitrogens is 1. The molecule has 0 radical (unpaired) electrons. The number of anilines is 1. The number of pyridine rings is 1. The fourth-order valence-electron chi connectivity index (χ4n) is 3.21. The number of nitriles is 2. The second-order valence-electron chi connectivity index (χ2n) is 6.65. The van der Waals surface area contributed by atoms with Crippen molar-refractivity contribution in [1.29, 1.82) is 10.5 Å². The lowest BCUT2D eigenvalue weighted by Crippen LogP contribution is -2.26. The van der Waals surface area contributed by atoms with Gasteiger partial charge in [-0.05, 0) is 42.8 Å². The largest absolute Gasteiger partial charge is 0.508 e. The zero-order valence-corrected chi connectivity index (χ0v) is 17.6. The summed E-state index contributed by atoms with van der Waals surface area (Å²) in [6.45, 7) is 1.63. The molecule has 3 aromatic rings. The van der Waals surface area contributed by atoms with Crippen LogP contribution >= 0.6 is 0 Å². The molecule has 160 valence electrons. The summed E-state index contributed by atoms with van der Waals surface area (Å²) in [7, 11) is 3.01. The Morgan fingerprint density at radius 2 is 1.72 bits per heavy atom. The molecule has 9 nitrogen and oxygen atoms in total. The minimum atomic E-state index is -0.784. The summed E-state index contributed by atoms with van der Waals surface area (Å²) in [6.07, 6.45) is 0. The van der Waals surface area contributed by atoms with E-state index in [4.69, 9.17) is 15.2 Å². The van der Waals surface area contributed by atoms with Crippen LogP contribution in [0.1, 0.15) is 23.6 Å². The average molecular weight is 429 g/mol. The number of rotatable bonds is 5. The summed E-state index contributed by atoms with van der Waals surface area (Å²) in [4.78, 5) is 13.1. The van der Waals surface area contributed by atoms with Gasteiger partial charge in [-0.1, -0.05) is 12.1 Å². The maximum Gasteiger partial charge on any atom is 0.291 e. The monoisotopic (exact) mass is 429 g/mol. The van der Waals surface area contributed by atoms with Gasteiger partial charge in [-0.2, -0.15) is 20.3 Å². The van der Waals surface area contributed by atoms with Crippen LogP contribution in [0.4, 0.5) is 5.82 Å². The van der Waals surface area contributed by atoms with Crippen molar-refractivity contribution in [3.05, 3.63) is 69.5 Å². The molecule has 0 unspecified atom stereocenters. The molecule has 3 N–H and O–H groups in total. The van der Waals surface area contributed by atoms with E-state index in [2.05, 4.69) is 5.10 Å². The van der Waals surface area contributed by atoms with Crippen LogP contribution in [-0.4, -0.2) is 29.7 Å². The number of methoxy groups -OCH3 is 2. The summed E-state index contributed by atoms with van der Waals surface area (Å²) in [5, 5.41) is 33.3. The minimum Gasteiger partial charge on any atom is -0.508 e. The highest BCUT2D eigenvalue weighted by atomic mass is 16.5. The third kappa shape index (κ3) is 3.83. The molecule has 0 atom stereocenters. The highest BCUT2D eigenvalue weighted by Crippen LogP contribution is 2.31. The predicted molar refractivity (Wildman–Crippen MR) is 119 cm³/mol. The smallest absolute Gasteiger partial charge is 0.291 e. The summed E-state index contributed by atoms with van der Waals surface area (Å²) >= 11 is 0. The maximum absolute atomic E-state index is 13.1. The van der Waals surface area contributed by atoms with Crippen molar-refractivity contribution in [2.24, 2.45) is 5.10 Å². The van der Waals surface area contributed by atoms with Gasteiger partial charge in [0.2, 0.25) is 0 Å². The second-order valence-corrected chi connectivity index (χ2v) is 6.65. The molecule has 0 amide bonds. The lowest BCUT2D eigenvalue weighted by atomic mass is 9.96. The number of aromatic hydroxyl groups is 1. The molecular weight excluding hydrogens is 410 g/mol. The first-order chi connectivity index (χ1) is 15.4. The predicted octanol–water partition coefficient (Wildman–Crippen LogP) is 2.84. The van der Waals surface area contributed by atoms with Gasteiger partial charge in [-0.25, -0.2) is 0 Å². The molecular formula is C23H19N5O4. The molecule has 0 fully saturated rings. The first kappa shape index (κ1) is 21.9. The summed E-state index contributed by atoms with van der Waals surface area (Å²) in [5.74, 6) is 0.814. The van der Waals surface area contributed by atoms with E-state index in [0.717, 1.165) is 4.68 Å². The quantitative estimate of drug-likeness (QED) is 0.593. The SMILES string of the molecule is COc1ccc(OC)c(/C(C)=N/n2c(N)c(C#N)c(-c3ccc(O)cc3)c(C#N)c2=O)c1. The Morgan fingerprint density at radius 3 is 2.28 bits per heavy atom. The Labute approximate surface area is 183 Å². The van der Waals surface area contributed by atoms with Crippen molar-refractivity contribution in [1.82, 2.24) is 4.68 Å². The standard InChI is InChI=1S/C23H19N5O4/c1-13(17-10-16(31-2)8-9-20(17)32-3)27-28-22(26)18(11-24)21(19(12-25)23(28)30)14-4-6-15(29)7-5-14/h4-10,29H,26H2,1-3H3/b27-13+. The van der Waals surface area contributed by atoms with Gasteiger partial charge in [-0.3, -0.25) is 4.79 Å². The van der Waals surface area contributed by atoms with Gasteiger partial charge < -0.3 is 20.3 Å². The van der Waals surface area contributed by atoms with E-state index >= 15 is 0 Å². The number of nitrogens with zero attached hydrogens (tertiary/aromatic N) is 4. The van der Waals surface area contributed by atoms with Crippen molar-refractivity contribution in [2.45, 2.75) is 6.92 Å². The Balaban J connectivity index is 2.30. The molecule has 0 aliphatic rings. The fourth-order valence-corrected chi connectivity index (χ4v) is 3.21. The van der Waals surface area contributed by atoms with E-state index in [-0.39, 0.29) is 28.3 Å². The molecule has 0 bridgehead atoms. The van der Waals surface area contributed by atoms with Gasteiger partial charge in [0.25, 0.3) is 5.56 Å². The number of ether oxygens (including phenoxy) is 2. The van der Waals surface area contributed by atoms with Gasteiger partial charge in [0.1, 0.15) is 46.3 Å². The van der Waals surface area contributed by atoms with Crippen LogP contribution in [0.3, 0.4) is 0 Å². The van der Waals surface area contributed by atoms with Crippen molar-refractivity contribution in [3.63, 3.8) is 0 Å². The third-order valence-corrected chi connectivity index (χ3v) is 4.82. The number of phenolic OH excluding ortho intramolecular Hbond substituents is 1. The van der Waals surface area contributed by atoms with E-state index in [1.54, 1.807) is 25.1 Å². The second kappa shape index (κ2) is 8.94. The topological polar surface area (TPSA) is 147 Å². The lowest BCUT2D eigenvalue weighted by molar-refractivity contribution is 0.402. The molecule has 3 rings (SSSR count). The number of nitrogens with two attached hydrogens (primary N) is 1. The molecule has 2 aromatic carbocycles. The Morgan fingerprint density at radius 1 is 1.06 bits per heavy atom. The number of nitrogen functional groups attached to an aromatic ring is 1. The summed E-state index contributed by atoms with van der Waals surface area (Å²) < 4.78 is 11.4. The van der Waals surface area contributed by atoms with Gasteiger partial charge in [0.15, 0.2) is 0 Å². The van der Waals surface area contributed by atoms with Gasteiger partial charge >= 0.3 is 0 Å². The zero-order chi connectivity index (χ0) is 23.4. The normalized spacial score (nSPS) is 10.8. The van der Waals surface area contributed by atoms with Crippen LogP contribution < -0.4 is 20.8 Å². The van der Waals surface area contributed by atoms with Crippen molar-refractivity contribution < 1.29 is 14.6 Å². The zero-order valence-electron chi connectivity index (χ0n) is 17.6. The Hall–Kier alpha value is -4.76. The molecule has 0 aliphatic carbocycles. The van der Waals surface area contributed by atoms with E-state index < -0.39 is 5.56 Å². The van der Waals surface area contributed by atoms with Crippen LogP contribution in [-0.2, 0) is 0 Å². The van der Waals surface area contributed by atoms with Crippen molar-refractivity contribution in [3.8, 4) is 40.5 Å². The van der Waals surface area contributed by atoms with Crippen LogP contribution in [0.2, 0.25) is 0 Å². The summed E-state index contributed by atoms with van der Waals surface area (Å²) in [5.41, 5.74) is 6.36. The van der Waals surface area contributed by atoms with Crippen molar-refractivity contribution in [2.75, 3.05) is 20.0 Å². The average Bonchev–Trinajstić information content (AvgIpc) is 2.81. The number of phenols is 1. The summed E-state index contributed by atoms with van der Waals surface area (Å²) in [6, 6.07) is 14.7. The number of hydrogen-bond donors (Lipinski definition) is 2. The lowest BCUT2D eigenvalue weighted by Gasteiger charge is -2.14. The number of benzene rings is 2. The maximum atomic E-state index is 13.1. The van der Waals surface area contributed by atoms with E-state index in [1.807, 2.05) is 12.1 Å². The Bertz CT molecular complexity index is 1360. The van der Waals surface area contributed by atoms with Gasteiger partial charge in [-0.15, -0.1) is 0 Å². The molecule has 9 heteroatoms. The van der Waals surface area contributed by atoms with E-state index in [9.17, 15) is 20.4 Å². The molecule has 1 aromatic heterocycles. The highest BCUT2D eigenvalue weighted by molar-refractivity contribution is 6.01. The minimum absolute atomic E-state index is 0.000425. The molecule has 0 saturated carbocycles. The first-order valence-electron chi connectivity index (χ1n) is 9.32. The first-order valence-corrected chi connectivity index (χ1v) is 9.32. The molecule has 0 saturated heterocycles. The van der Waals surface area contributed by atoms with Crippen LogP contribution in [0, 0.1) is 22.7 Å². The van der Waals surface area contributed by atoms with Crippen LogP contribution in [0.25, 0.3) is 11.1 Å². The van der Waals surface area contributed by atoms with Gasteiger partial charge in [0, 0.05) is 11.1 Å². The van der Waals surface area contributed by atoms with Gasteiger partial charge in [0.05, 0.1) is 19.9 Å². The number of hydrogen-bond acceptors (Lipinski definition) is 8. The molecule has 32 heavy (non-hydrogen) atoms. The third-order valence-electron chi connectivity index (χ3n) is 4.82. The Kier molecular flexibility index (Phi) is 6.13.